The molecule has 0 unspecified atom stereocenters. The van der Waals surface area contributed by atoms with E-state index in [9.17, 15) is 30.0 Å². The van der Waals surface area contributed by atoms with Crippen LogP contribution in [0.2, 0.25) is 0 Å². The third kappa shape index (κ3) is 7.32. The summed E-state index contributed by atoms with van der Waals surface area (Å²) < 4.78 is 0. The van der Waals surface area contributed by atoms with Gasteiger partial charge < -0.3 is 25.9 Å². The number of benzene rings is 7. The average Bonchev–Trinajstić information content (AvgIpc) is 3.15. The van der Waals surface area contributed by atoms with Crippen LogP contribution in [0, 0.1) is 0 Å². The molecule has 0 aromatic heterocycles. The Labute approximate surface area is 359 Å². The second-order valence-electron chi connectivity index (χ2n) is 15.8. The number of hydrogen-bond donors (Lipinski definition) is 4. The van der Waals surface area contributed by atoms with Gasteiger partial charge in [0.2, 0.25) is 11.8 Å². The van der Waals surface area contributed by atoms with E-state index in [1.54, 1.807) is 24.3 Å². The molecule has 58 heavy (non-hydrogen) atoms. The number of nitrogens with zero attached hydrogens (tertiary/aromatic N) is 2. The van der Waals surface area contributed by atoms with Gasteiger partial charge in [-0.25, -0.2) is 19.6 Å². The number of carboxylic acid groups (broad SMARTS) is 2. The van der Waals surface area contributed by atoms with Crippen LogP contribution in [0.15, 0.2) is 94.9 Å². The van der Waals surface area contributed by atoms with Gasteiger partial charge in [-0.15, -0.1) is 0 Å². The molecule has 0 amide bonds. The van der Waals surface area contributed by atoms with E-state index in [-0.39, 0.29) is 87.0 Å². The minimum absolute atomic E-state index is 0. The molecule has 0 atom stereocenters. The predicted molar refractivity (Wildman–Crippen MR) is 230 cm³/mol. The first-order valence-electron chi connectivity index (χ1n) is 19.1. The minimum Gasteiger partial charge on any atom is -0.870 e. The van der Waals surface area contributed by atoms with Crippen molar-refractivity contribution in [3.8, 4) is 0 Å². The molecule has 9 nitrogen and oxygen atoms in total. The Morgan fingerprint density at radius 2 is 0.672 bits per heavy atom. The maximum atomic E-state index is 12.5. The summed E-state index contributed by atoms with van der Waals surface area (Å²) in [5.74, 6) is -2.42. The fourth-order valence-electron chi connectivity index (χ4n) is 8.23. The zero-order chi connectivity index (χ0) is 40.3. The van der Waals surface area contributed by atoms with E-state index in [4.69, 9.17) is 9.98 Å². The number of fused-ring (bicyclic) bond motifs is 2. The molecule has 0 fully saturated rings. The summed E-state index contributed by atoms with van der Waals surface area (Å²) in [6.07, 6.45) is 0. The molecular weight excluding hydrogens is 740 g/mol. The molecule has 0 bridgehead atoms. The van der Waals surface area contributed by atoms with Crippen LogP contribution >= 0.6 is 0 Å². The van der Waals surface area contributed by atoms with Gasteiger partial charge in [-0.3, -0.25) is 0 Å². The topological polar surface area (TPSA) is 170 Å². The summed E-state index contributed by atoms with van der Waals surface area (Å²) in [4.78, 5) is 34.9. The van der Waals surface area contributed by atoms with Gasteiger partial charge in [0.15, 0.2) is 0 Å². The van der Waals surface area contributed by atoms with E-state index in [2.05, 4.69) is 55.4 Å². The van der Waals surface area contributed by atoms with Crippen LogP contribution in [-0.4, -0.2) is 49.6 Å². The molecule has 5 N–H and O–H groups in total. The number of para-hydroxylation sites is 2. The van der Waals surface area contributed by atoms with E-state index in [1.807, 2.05) is 48.5 Å². The number of hydrogen-bond acceptors (Lipinski definition) is 5. The number of aliphatic hydroxyl groups is 2. The number of aliphatic hydroxyl groups excluding tert-OH is 2. The molecule has 0 spiro atoms. The molecule has 0 saturated heterocycles. The van der Waals surface area contributed by atoms with Crippen molar-refractivity contribution in [2.75, 3.05) is 0 Å². The molecule has 0 heterocycles. The van der Waals surface area contributed by atoms with Crippen LogP contribution in [0.3, 0.4) is 0 Å². The van der Waals surface area contributed by atoms with Crippen LogP contribution < -0.4 is 29.6 Å². The molecule has 10 heteroatoms. The largest absolute Gasteiger partial charge is 1.00 e. The monoisotopic (exact) mass is 786 g/mol. The van der Waals surface area contributed by atoms with Crippen LogP contribution in [0.4, 0.5) is 11.4 Å². The van der Waals surface area contributed by atoms with Gasteiger partial charge in [-0.2, -0.15) is 0 Å². The Kier molecular flexibility index (Phi) is 12.7. The minimum atomic E-state index is -1.23. The first kappa shape index (κ1) is 43.8. The Hall–Kier alpha value is -5.32. The second-order valence-corrected chi connectivity index (χ2v) is 15.8. The quantitative estimate of drug-likeness (QED) is 0.0352. The maximum absolute atomic E-state index is 12.5. The van der Waals surface area contributed by atoms with Gasteiger partial charge in [0.05, 0.1) is 22.5 Å². The molecule has 0 radical (unpaired) electrons. The summed E-state index contributed by atoms with van der Waals surface area (Å²) >= 11 is 0. The van der Waals surface area contributed by atoms with Crippen LogP contribution in [-0.2, 0) is 0 Å². The van der Waals surface area contributed by atoms with Gasteiger partial charge in [-0.05, 0) is 103 Å². The summed E-state index contributed by atoms with van der Waals surface area (Å²) in [5.41, 5.74) is 5.88. The summed E-state index contributed by atoms with van der Waals surface area (Å²) in [6.45, 7) is 16.7. The summed E-state index contributed by atoms with van der Waals surface area (Å²) in [7, 11) is 0. The molecule has 7 aromatic carbocycles. The van der Waals surface area contributed by atoms with E-state index < -0.39 is 11.9 Å². The zero-order valence-electron chi connectivity index (χ0n) is 34.3. The molecule has 7 rings (SSSR count). The fraction of sp³-hybridized carbons (Fsp3) is 0.250. The average molecular weight is 787 g/mol. The van der Waals surface area contributed by atoms with Crippen LogP contribution in [0.5, 0.6) is 0 Å². The Morgan fingerprint density at radius 3 is 0.931 bits per heavy atom. The van der Waals surface area contributed by atoms with Gasteiger partial charge in [-0.1, -0.05) is 116 Å². The Bertz CT molecular complexity index is 2570. The summed E-state index contributed by atoms with van der Waals surface area (Å²) in [6, 6.07) is 25.6. The van der Waals surface area contributed by atoms with Crippen molar-refractivity contribution in [1.29, 1.82) is 0 Å². The van der Waals surface area contributed by atoms with Crippen molar-refractivity contribution >= 4 is 78.2 Å². The van der Waals surface area contributed by atoms with Crippen molar-refractivity contribution in [3.63, 3.8) is 0 Å². The number of rotatable bonds is 10. The van der Waals surface area contributed by atoms with Crippen molar-refractivity contribution in [3.05, 3.63) is 129 Å². The predicted octanol–water partition coefficient (Wildman–Crippen LogP) is 9.73. The third-order valence-electron chi connectivity index (χ3n) is 11.0. The van der Waals surface area contributed by atoms with Crippen molar-refractivity contribution < 1.29 is 65.0 Å². The standard InChI is InChI=1S/C48H46N2O6.Na.H2O/c1-23(2)27-11-9-12-28(24(3)4)43(27)49-45(51)35-19-15-31-33-17-21-37(47(53)54)42-38(48(55)56)22-18-34(40(33)42)32-16-20-36(41(35)39(31)32)46(52)50-44-29(25(5)6)13-10-14-30(44)26(7)8;;/h9-26H,1-8H3,(H,49,51)(H,50,52)(H,53,54)(H,55,56);;1H2/q;+1;/p-1. The first-order chi connectivity index (χ1) is 26.6. The van der Waals surface area contributed by atoms with Gasteiger partial charge in [0.25, 0.3) is 0 Å². The third-order valence-corrected chi connectivity index (χ3v) is 11.0. The van der Waals surface area contributed by atoms with E-state index in [1.165, 1.54) is 12.1 Å². The number of carbonyl (C=O) groups is 2. The molecule has 292 valence electrons. The van der Waals surface area contributed by atoms with E-state index in [0.29, 0.717) is 60.2 Å². The van der Waals surface area contributed by atoms with Gasteiger partial charge in [0, 0.05) is 21.9 Å². The number of aliphatic imine (C=N–C) groups is 2. The Morgan fingerprint density at radius 1 is 0.414 bits per heavy atom. The molecule has 0 aliphatic rings. The molecule has 7 aromatic rings. The molecular formula is C48H47N2NaO7. The van der Waals surface area contributed by atoms with Crippen LogP contribution in [0.25, 0.3) is 43.1 Å². The normalized spacial score (nSPS) is 12.4. The Balaban J connectivity index is 0.00000320. The molecule has 0 aliphatic carbocycles. The van der Waals surface area contributed by atoms with E-state index >= 15 is 0 Å². The fourth-order valence-corrected chi connectivity index (χ4v) is 8.23. The van der Waals surface area contributed by atoms with E-state index in [0.717, 1.165) is 22.3 Å². The SMILES string of the molecule is CC(C)c1cccc(C(C)C)c1N=C(O)c1ccc2c3ccc(C(=O)O)c4c(C(=O)O)ccc(c5ccc(C(O)=Nc6c(C(C)C)cccc6C(C)C)c1c25)c43.[Na+].[OH-]. The number of aromatic carboxylic acids is 2. The van der Waals surface area contributed by atoms with Crippen molar-refractivity contribution in [1.82, 2.24) is 0 Å². The molecule has 0 saturated carbocycles. The van der Waals surface area contributed by atoms with Crippen molar-refractivity contribution in [2.45, 2.75) is 79.1 Å². The van der Waals surface area contributed by atoms with Gasteiger partial charge in [0.1, 0.15) is 0 Å². The van der Waals surface area contributed by atoms with Crippen molar-refractivity contribution in [2.24, 2.45) is 9.98 Å². The summed E-state index contributed by atoms with van der Waals surface area (Å²) in [5, 5.41) is 49.3. The van der Waals surface area contributed by atoms with Gasteiger partial charge >= 0.3 is 41.5 Å². The van der Waals surface area contributed by atoms with Crippen LogP contribution in [0.1, 0.15) is 133 Å². The zero-order valence-corrected chi connectivity index (χ0v) is 36.3. The molecule has 0 aliphatic heterocycles. The smallest absolute Gasteiger partial charge is 0.870 e. The second kappa shape index (κ2) is 16.9. The number of carboxylic acids is 2. The first-order valence-corrected chi connectivity index (χ1v) is 19.1. The maximum Gasteiger partial charge on any atom is 1.00 e.